The van der Waals surface area contributed by atoms with Crippen LogP contribution >= 0.6 is 0 Å². The number of likely N-dealkylation sites (tertiary alicyclic amines) is 1. The highest BCUT2D eigenvalue weighted by molar-refractivity contribution is 5.98. The quantitative estimate of drug-likeness (QED) is 0.179. The predicted molar refractivity (Wildman–Crippen MR) is 179 cm³/mol. The fraction of sp³-hybridized carbons (Fsp3) is 0.622. The summed E-state index contributed by atoms with van der Waals surface area (Å²) in [5.41, 5.74) is -0.515. The number of esters is 1. The van der Waals surface area contributed by atoms with Crippen molar-refractivity contribution >= 4 is 23.7 Å². The number of carbonyl (C=O) groups is 4. The molecule has 3 fully saturated rings. The van der Waals surface area contributed by atoms with Crippen LogP contribution in [0.1, 0.15) is 84.3 Å². The summed E-state index contributed by atoms with van der Waals surface area (Å²) in [5, 5.41) is 13.6. The lowest BCUT2D eigenvalue weighted by Gasteiger charge is -2.41. The maximum absolute atomic E-state index is 14.6. The molecule has 2 N–H and O–H groups in total. The smallest absolute Gasteiger partial charge is 0.313 e. The van der Waals surface area contributed by atoms with Crippen molar-refractivity contribution in [3.05, 3.63) is 61.2 Å². The van der Waals surface area contributed by atoms with E-state index in [1.807, 2.05) is 44.2 Å². The van der Waals surface area contributed by atoms with Gasteiger partial charge in [-0.05, 0) is 44.1 Å². The lowest BCUT2D eigenvalue weighted by Crippen LogP contribution is -2.59. The molecular weight excluding hydrogens is 598 g/mol. The van der Waals surface area contributed by atoms with Gasteiger partial charge < -0.3 is 29.7 Å². The molecule has 1 aromatic carbocycles. The monoisotopic (exact) mass is 651 g/mol. The van der Waals surface area contributed by atoms with E-state index < -0.39 is 53.7 Å². The van der Waals surface area contributed by atoms with Crippen LogP contribution in [0.15, 0.2) is 55.6 Å². The second kappa shape index (κ2) is 16.1. The van der Waals surface area contributed by atoms with Crippen molar-refractivity contribution in [3.8, 4) is 0 Å². The van der Waals surface area contributed by atoms with Crippen molar-refractivity contribution in [2.75, 3.05) is 19.7 Å². The Bertz CT molecular complexity index is 1290. The third-order valence-electron chi connectivity index (χ3n) is 10.3. The Kier molecular flexibility index (Phi) is 12.4. The molecule has 2 bridgehead atoms. The summed E-state index contributed by atoms with van der Waals surface area (Å²) in [5.74, 6) is -3.37. The van der Waals surface area contributed by atoms with Gasteiger partial charge in [0.25, 0.3) is 0 Å². The van der Waals surface area contributed by atoms with Gasteiger partial charge >= 0.3 is 5.97 Å². The number of unbranched alkanes of at least 4 members (excludes halogenated alkanes) is 1. The van der Waals surface area contributed by atoms with E-state index in [0.29, 0.717) is 44.3 Å². The van der Waals surface area contributed by atoms with Crippen molar-refractivity contribution in [2.24, 2.45) is 17.8 Å². The number of fused-ring (bicyclic) bond motifs is 1. The number of carbonyl (C=O) groups excluding carboxylic acids is 4. The number of ether oxygens (including phenoxy) is 2. The van der Waals surface area contributed by atoms with E-state index in [-0.39, 0.29) is 36.7 Å². The third kappa shape index (κ3) is 7.18. The number of nitrogens with zero attached hydrogens (tertiary/aromatic N) is 2. The van der Waals surface area contributed by atoms with Crippen LogP contribution in [0.25, 0.3) is 0 Å². The van der Waals surface area contributed by atoms with Crippen LogP contribution in [-0.4, -0.2) is 88.1 Å². The summed E-state index contributed by atoms with van der Waals surface area (Å²) < 4.78 is 12.9. The second-order valence-corrected chi connectivity index (χ2v) is 13.3. The number of allylic oxidation sites excluding steroid dienone is 1. The first-order chi connectivity index (χ1) is 22.6. The normalized spacial score (nSPS) is 27.0. The first-order valence-corrected chi connectivity index (χ1v) is 17.3. The summed E-state index contributed by atoms with van der Waals surface area (Å²) in [6.45, 7) is 15.8. The Morgan fingerprint density at radius 3 is 2.53 bits per heavy atom. The van der Waals surface area contributed by atoms with Crippen LogP contribution < -0.4 is 5.32 Å². The van der Waals surface area contributed by atoms with Crippen molar-refractivity contribution in [3.63, 3.8) is 0 Å². The number of amides is 3. The molecule has 0 radical (unpaired) electrons. The SMILES string of the molecule is C=CCCC(=O)N[C@H](C)[C@@H](OC(=O)[C@@H]1[C@H]2C(=O)N([C@@H](CO)[C@@H](C)CC)[C@H](C(=O)N(CC=C)CCCC)[C@]23CC[C@H]1O3)c1ccccc1. The third-order valence-corrected chi connectivity index (χ3v) is 10.3. The van der Waals surface area contributed by atoms with Gasteiger partial charge in [-0.1, -0.05) is 76.1 Å². The molecule has 3 amide bonds. The van der Waals surface area contributed by atoms with Crippen LogP contribution in [0, 0.1) is 17.8 Å². The zero-order valence-corrected chi connectivity index (χ0v) is 28.4. The van der Waals surface area contributed by atoms with Gasteiger partial charge in [0.2, 0.25) is 17.7 Å². The maximum Gasteiger partial charge on any atom is 0.313 e. The van der Waals surface area contributed by atoms with Crippen LogP contribution in [0.3, 0.4) is 0 Å². The molecular formula is C37H53N3O7. The lowest BCUT2D eigenvalue weighted by molar-refractivity contribution is -0.163. The molecule has 4 rings (SSSR count). The van der Waals surface area contributed by atoms with Crippen LogP contribution in [0.5, 0.6) is 0 Å². The van der Waals surface area contributed by atoms with Gasteiger partial charge in [0.05, 0.1) is 36.6 Å². The van der Waals surface area contributed by atoms with Crippen molar-refractivity contribution in [1.82, 2.24) is 15.1 Å². The molecule has 1 aromatic rings. The molecule has 0 saturated carbocycles. The summed E-state index contributed by atoms with van der Waals surface area (Å²) in [6, 6.07) is 7.03. The first-order valence-electron chi connectivity index (χ1n) is 17.3. The number of aliphatic hydroxyl groups excluding tert-OH is 1. The Morgan fingerprint density at radius 2 is 1.91 bits per heavy atom. The van der Waals surface area contributed by atoms with E-state index in [0.717, 1.165) is 12.8 Å². The summed E-state index contributed by atoms with van der Waals surface area (Å²) in [6.07, 6.45) is 6.00. The fourth-order valence-electron chi connectivity index (χ4n) is 7.72. The largest absolute Gasteiger partial charge is 0.455 e. The number of benzene rings is 1. The highest BCUT2D eigenvalue weighted by Gasteiger charge is 2.76. The van der Waals surface area contributed by atoms with Gasteiger partial charge in [0, 0.05) is 19.5 Å². The van der Waals surface area contributed by atoms with E-state index in [1.165, 1.54) is 0 Å². The molecule has 0 aromatic heterocycles. The molecule has 258 valence electrons. The fourth-order valence-corrected chi connectivity index (χ4v) is 7.72. The maximum atomic E-state index is 14.6. The average Bonchev–Trinajstić information content (AvgIpc) is 3.72. The molecule has 0 unspecified atom stereocenters. The van der Waals surface area contributed by atoms with E-state index in [2.05, 4.69) is 25.4 Å². The minimum Gasteiger partial charge on any atom is -0.455 e. The van der Waals surface area contributed by atoms with Crippen molar-refractivity contribution in [1.29, 1.82) is 0 Å². The Morgan fingerprint density at radius 1 is 1.19 bits per heavy atom. The van der Waals surface area contributed by atoms with Crippen molar-refractivity contribution in [2.45, 2.75) is 109 Å². The topological polar surface area (TPSA) is 125 Å². The molecule has 10 nitrogen and oxygen atoms in total. The lowest BCUT2D eigenvalue weighted by atomic mass is 9.70. The molecule has 10 heteroatoms. The molecule has 1 spiro atoms. The van der Waals surface area contributed by atoms with Gasteiger partial charge in [0.1, 0.15) is 17.7 Å². The highest BCUT2D eigenvalue weighted by Crippen LogP contribution is 2.59. The van der Waals surface area contributed by atoms with E-state index in [9.17, 15) is 24.3 Å². The molecule has 0 aliphatic carbocycles. The van der Waals surface area contributed by atoms with Crippen LogP contribution in [0.4, 0.5) is 0 Å². The number of rotatable bonds is 18. The number of aliphatic hydroxyl groups is 1. The standard InChI is InChI=1S/C37H53N3O7/c1-7-11-18-29(42)38-25(6)32(26-16-14-13-15-17-26)46-36(45)30-28-19-20-37(47-28)31(30)34(43)40(27(23-41)24(5)10-4)33(37)35(44)39(21-9-3)22-12-8-2/h7,9,13-17,24-25,27-28,30-33,41H,1,3,8,10-12,18-23H2,2,4-6H3,(H,38,42)/t24-,25+,27-,28+,30-,31-,32+,33+,37-/m0/s1. The van der Waals surface area contributed by atoms with Crippen molar-refractivity contribution < 1.29 is 33.8 Å². The van der Waals surface area contributed by atoms with Gasteiger partial charge in [-0.2, -0.15) is 0 Å². The zero-order chi connectivity index (χ0) is 34.3. The minimum atomic E-state index is -1.22. The molecule has 3 aliphatic rings. The first kappa shape index (κ1) is 36.3. The van der Waals surface area contributed by atoms with Gasteiger partial charge in [-0.3, -0.25) is 19.2 Å². The molecule has 3 heterocycles. The van der Waals surface area contributed by atoms with Gasteiger partial charge in [0.15, 0.2) is 0 Å². The Labute approximate surface area is 279 Å². The van der Waals surface area contributed by atoms with Gasteiger partial charge in [-0.25, -0.2) is 0 Å². The number of hydrogen-bond acceptors (Lipinski definition) is 7. The van der Waals surface area contributed by atoms with E-state index in [1.54, 1.807) is 28.9 Å². The number of nitrogens with one attached hydrogen (secondary N) is 1. The number of hydrogen-bond donors (Lipinski definition) is 2. The van der Waals surface area contributed by atoms with E-state index in [4.69, 9.17) is 9.47 Å². The highest BCUT2D eigenvalue weighted by atomic mass is 16.6. The molecule has 3 saturated heterocycles. The summed E-state index contributed by atoms with van der Waals surface area (Å²) in [4.78, 5) is 59.3. The summed E-state index contributed by atoms with van der Waals surface area (Å²) >= 11 is 0. The Balaban J connectivity index is 1.71. The second-order valence-electron chi connectivity index (χ2n) is 13.3. The Hall–Kier alpha value is -3.50. The average molecular weight is 652 g/mol. The zero-order valence-electron chi connectivity index (χ0n) is 28.4. The summed E-state index contributed by atoms with van der Waals surface area (Å²) in [7, 11) is 0. The minimum absolute atomic E-state index is 0.103. The molecule has 3 aliphatic heterocycles. The molecule has 9 atom stereocenters. The van der Waals surface area contributed by atoms with E-state index >= 15 is 0 Å². The van der Waals surface area contributed by atoms with Crippen LogP contribution in [0.2, 0.25) is 0 Å². The predicted octanol–water partition coefficient (Wildman–Crippen LogP) is 4.34. The van der Waals surface area contributed by atoms with Crippen LogP contribution in [-0.2, 0) is 28.7 Å². The molecule has 47 heavy (non-hydrogen) atoms. The van der Waals surface area contributed by atoms with Gasteiger partial charge in [-0.15, -0.1) is 13.2 Å².